The molecule has 1 aliphatic rings. The second-order valence-corrected chi connectivity index (χ2v) is 14.1. The van der Waals surface area contributed by atoms with Crippen LogP contribution >= 0.6 is 69.6 Å². The van der Waals surface area contributed by atoms with Gasteiger partial charge in [-0.25, -0.2) is 0 Å². The first-order valence-corrected chi connectivity index (χ1v) is 15.6. The summed E-state index contributed by atoms with van der Waals surface area (Å²) in [6.07, 6.45) is 0. The first-order valence-electron chi connectivity index (χ1n) is 13.4. The monoisotopic (exact) mass is 734 g/mol. The van der Waals surface area contributed by atoms with Gasteiger partial charge in [-0.1, -0.05) is 81.7 Å². The molecule has 2 aromatic rings. The van der Waals surface area contributed by atoms with Crippen LogP contribution in [0.5, 0.6) is 23.0 Å². The summed E-state index contributed by atoms with van der Waals surface area (Å²) >= 11 is 36.8. The molecular weight excluding hydrogens is 705 g/mol. The molecule has 0 radical (unpaired) electrons. The maximum absolute atomic E-state index is 11.7. The van der Waals surface area contributed by atoms with Gasteiger partial charge in [0.15, 0.2) is 23.0 Å². The van der Waals surface area contributed by atoms with E-state index < -0.39 is 19.7 Å². The molecule has 0 fully saturated rings. The predicted molar refractivity (Wildman–Crippen MR) is 170 cm³/mol. The van der Waals surface area contributed by atoms with Gasteiger partial charge in [-0.15, -0.1) is 0 Å². The number of rotatable bonds is 4. The second kappa shape index (κ2) is 17.2. The van der Waals surface area contributed by atoms with Gasteiger partial charge in [0.25, 0.3) is 0 Å². The van der Waals surface area contributed by atoms with E-state index >= 15 is 0 Å². The molecule has 0 aromatic heterocycles. The van der Waals surface area contributed by atoms with E-state index in [1.165, 1.54) is 13.8 Å². The van der Waals surface area contributed by atoms with E-state index in [2.05, 4.69) is 10.6 Å². The number of carbonyl (C=O) groups is 2. The molecule has 2 N–H and O–H groups in total. The number of benzene rings is 2. The molecule has 3 rings (SSSR count). The summed E-state index contributed by atoms with van der Waals surface area (Å²) in [5.41, 5.74) is 1.01. The van der Waals surface area contributed by atoms with Gasteiger partial charge in [-0.3, -0.25) is 9.59 Å². The van der Waals surface area contributed by atoms with Crippen LogP contribution in [0, 0.1) is 0 Å². The van der Waals surface area contributed by atoms with Crippen LogP contribution in [-0.2, 0) is 19.1 Å². The van der Waals surface area contributed by atoms with Crippen molar-refractivity contribution in [2.24, 2.45) is 0 Å². The molecule has 244 valence electrons. The van der Waals surface area contributed by atoms with Crippen molar-refractivity contribution < 1.29 is 38.0 Å². The summed E-state index contributed by atoms with van der Waals surface area (Å²) in [4.78, 5) is 23.5. The van der Waals surface area contributed by atoms with Crippen molar-refractivity contribution in [1.29, 1.82) is 0 Å². The van der Waals surface area contributed by atoms with E-state index in [1.54, 1.807) is 36.4 Å². The Bertz CT molecular complexity index is 1160. The molecule has 0 aliphatic carbocycles. The van der Waals surface area contributed by atoms with Crippen molar-refractivity contribution in [3.8, 4) is 23.0 Å². The fraction of sp³-hybridized carbons (Fsp3) is 0.500. The number of hydrogen-bond acceptors (Lipinski definition) is 8. The topological polar surface area (TPSA) is 114 Å². The minimum absolute atomic E-state index is 0.166. The van der Waals surface area contributed by atoms with E-state index in [4.69, 9.17) is 98.0 Å². The largest absolute Gasteiger partial charge is 0.487 e. The van der Waals surface area contributed by atoms with Crippen molar-refractivity contribution in [3.05, 3.63) is 47.5 Å². The lowest BCUT2D eigenvalue weighted by Gasteiger charge is -2.26. The Kier molecular flexibility index (Phi) is 14.4. The maximum atomic E-state index is 11.7. The normalized spacial score (nSPS) is 16.9. The Balaban J connectivity index is 1.72. The van der Waals surface area contributed by atoms with E-state index in [-0.39, 0.29) is 64.7 Å². The molecule has 0 saturated carbocycles. The number of fused-ring (bicyclic) bond motifs is 2. The van der Waals surface area contributed by atoms with Crippen molar-refractivity contribution in [2.75, 3.05) is 52.9 Å². The Hall–Kier alpha value is -1.76. The van der Waals surface area contributed by atoms with Gasteiger partial charge in [-0.2, -0.15) is 0 Å². The van der Waals surface area contributed by atoms with Crippen LogP contribution in [0.25, 0.3) is 0 Å². The van der Waals surface area contributed by atoms with Crippen LogP contribution in [0.2, 0.25) is 0 Å². The number of carbonyl (C=O) groups excluding carboxylic acids is 2. The third-order valence-electron chi connectivity index (χ3n) is 5.89. The first-order chi connectivity index (χ1) is 20.8. The molecule has 44 heavy (non-hydrogen) atoms. The zero-order valence-corrected chi connectivity index (χ0v) is 28.3. The Labute approximate surface area is 285 Å². The Morgan fingerprint density at radius 2 is 0.886 bits per heavy atom. The number of alkyl halides is 6. The highest BCUT2D eigenvalue weighted by molar-refractivity contribution is 6.68. The standard InChI is InChI=1S/C28H32Cl6N2O8/c1-17(37)35-25(27(29,30)31)19-3-5-21-23(15-19)43-13-9-39-8-12-42-22-6-4-20(26(28(32,33)34)36-18(2)38)16-24(22)44-14-10-40-7-11-41-21/h3-6,15-16,25-26H,7-14H2,1-2H3,(H,35,37)(H,36,38)/t25-,26-/m0/s1. The SMILES string of the molecule is CC(=O)N[C@@H](c1ccc2c(c1)OCCOCCOc1ccc([C@H](NC(C)=O)C(Cl)(Cl)Cl)cc1OCCOCCO2)C(Cl)(Cl)Cl. The number of amides is 2. The van der Waals surface area contributed by atoms with Crippen molar-refractivity contribution in [3.63, 3.8) is 0 Å². The average molecular weight is 737 g/mol. The van der Waals surface area contributed by atoms with Crippen molar-refractivity contribution in [2.45, 2.75) is 33.5 Å². The highest BCUT2D eigenvalue weighted by Gasteiger charge is 2.36. The molecule has 1 heterocycles. The Morgan fingerprint density at radius 3 is 1.18 bits per heavy atom. The molecule has 16 heteroatoms. The lowest BCUT2D eigenvalue weighted by atomic mass is 10.1. The van der Waals surface area contributed by atoms with Gasteiger partial charge in [-0.05, 0) is 35.4 Å². The van der Waals surface area contributed by atoms with Crippen LogP contribution in [0.1, 0.15) is 37.1 Å². The summed E-state index contributed by atoms with van der Waals surface area (Å²) < 4.78 is 31.4. The van der Waals surface area contributed by atoms with Gasteiger partial charge >= 0.3 is 0 Å². The molecular formula is C28H32Cl6N2O8. The highest BCUT2D eigenvalue weighted by atomic mass is 35.6. The van der Waals surface area contributed by atoms with Crippen LogP contribution < -0.4 is 29.6 Å². The highest BCUT2D eigenvalue weighted by Crippen LogP contribution is 2.43. The molecule has 1 aliphatic heterocycles. The number of hydrogen-bond donors (Lipinski definition) is 2. The van der Waals surface area contributed by atoms with E-state index in [0.29, 0.717) is 34.1 Å². The first kappa shape index (κ1) is 36.7. The van der Waals surface area contributed by atoms with Gasteiger partial charge in [0.1, 0.15) is 38.5 Å². The molecule has 0 unspecified atom stereocenters. The van der Waals surface area contributed by atoms with Gasteiger partial charge in [0.2, 0.25) is 19.4 Å². The lowest BCUT2D eigenvalue weighted by Crippen LogP contribution is -2.35. The number of ether oxygens (including phenoxy) is 6. The second-order valence-electron chi connectivity index (χ2n) is 9.38. The smallest absolute Gasteiger partial charge is 0.217 e. The number of nitrogens with one attached hydrogen (secondary N) is 2. The lowest BCUT2D eigenvalue weighted by molar-refractivity contribution is -0.120. The van der Waals surface area contributed by atoms with Crippen LogP contribution in [-0.4, -0.2) is 72.3 Å². The summed E-state index contributed by atoms with van der Waals surface area (Å²) in [6, 6.07) is 8.07. The summed E-state index contributed by atoms with van der Waals surface area (Å²) in [5.74, 6) is 0.853. The zero-order chi connectivity index (χ0) is 32.3. The van der Waals surface area contributed by atoms with Crippen molar-refractivity contribution in [1.82, 2.24) is 10.6 Å². The maximum Gasteiger partial charge on any atom is 0.217 e. The van der Waals surface area contributed by atoms with Gasteiger partial charge < -0.3 is 39.1 Å². The van der Waals surface area contributed by atoms with E-state index in [1.807, 2.05) is 0 Å². The van der Waals surface area contributed by atoms with Crippen LogP contribution in [0.3, 0.4) is 0 Å². The van der Waals surface area contributed by atoms with E-state index in [9.17, 15) is 9.59 Å². The minimum Gasteiger partial charge on any atom is -0.487 e. The summed E-state index contributed by atoms with van der Waals surface area (Å²) in [5, 5.41) is 5.29. The Morgan fingerprint density at radius 1 is 0.568 bits per heavy atom. The van der Waals surface area contributed by atoms with Gasteiger partial charge in [0.05, 0.1) is 26.4 Å². The van der Waals surface area contributed by atoms with Crippen LogP contribution in [0.4, 0.5) is 0 Å². The summed E-state index contributed by atoms with van der Waals surface area (Å²) in [7, 11) is 0. The fourth-order valence-electron chi connectivity index (χ4n) is 4.03. The molecule has 2 aromatic carbocycles. The minimum atomic E-state index is -1.81. The molecule has 2 amide bonds. The average Bonchev–Trinajstić information content (AvgIpc) is 2.93. The summed E-state index contributed by atoms with van der Waals surface area (Å²) in [6.45, 7) is 4.28. The molecule has 2 atom stereocenters. The molecule has 10 nitrogen and oxygen atoms in total. The number of halogens is 6. The molecule has 0 bridgehead atoms. The quantitative estimate of drug-likeness (QED) is 0.366. The third kappa shape index (κ3) is 11.9. The predicted octanol–water partition coefficient (Wildman–Crippen LogP) is 6.04. The van der Waals surface area contributed by atoms with E-state index in [0.717, 1.165) is 0 Å². The fourth-order valence-corrected chi connectivity index (χ4v) is 5.12. The molecule has 0 saturated heterocycles. The molecule has 0 spiro atoms. The third-order valence-corrected chi connectivity index (χ3v) is 7.20. The van der Waals surface area contributed by atoms with Crippen molar-refractivity contribution >= 4 is 81.4 Å². The van der Waals surface area contributed by atoms with Crippen LogP contribution in [0.15, 0.2) is 36.4 Å². The zero-order valence-electron chi connectivity index (χ0n) is 23.8. The van der Waals surface area contributed by atoms with Gasteiger partial charge in [0, 0.05) is 13.8 Å².